The van der Waals surface area contributed by atoms with Crippen LogP contribution in [0.15, 0.2) is 24.7 Å². The van der Waals surface area contributed by atoms with Gasteiger partial charge in [-0.1, -0.05) is 18.5 Å². The highest BCUT2D eigenvalue weighted by Gasteiger charge is 2.19. The van der Waals surface area contributed by atoms with Crippen LogP contribution in [0.3, 0.4) is 0 Å². The SMILES string of the molecule is CCCc1ncc2c(n1)CCN(Cc1cnccc1Cl)C2. The summed E-state index contributed by atoms with van der Waals surface area (Å²) in [4.78, 5) is 15.7. The Labute approximate surface area is 130 Å². The van der Waals surface area contributed by atoms with E-state index >= 15 is 0 Å². The first kappa shape index (κ1) is 14.4. The number of fused-ring (bicyclic) bond motifs is 1. The predicted molar refractivity (Wildman–Crippen MR) is 83.1 cm³/mol. The summed E-state index contributed by atoms with van der Waals surface area (Å²) in [5.41, 5.74) is 3.52. The van der Waals surface area contributed by atoms with E-state index in [4.69, 9.17) is 11.6 Å². The number of rotatable bonds is 4. The third-order valence-electron chi connectivity index (χ3n) is 3.77. The fourth-order valence-corrected chi connectivity index (χ4v) is 2.83. The van der Waals surface area contributed by atoms with Crippen LogP contribution >= 0.6 is 11.6 Å². The average Bonchev–Trinajstić information content (AvgIpc) is 2.50. The summed E-state index contributed by atoms with van der Waals surface area (Å²) in [6.45, 7) is 4.86. The lowest BCUT2D eigenvalue weighted by molar-refractivity contribution is 0.242. The zero-order valence-electron chi connectivity index (χ0n) is 12.2. The molecule has 0 radical (unpaired) electrons. The predicted octanol–water partition coefficient (Wildman–Crippen LogP) is 3.04. The third-order valence-corrected chi connectivity index (χ3v) is 4.14. The first-order chi connectivity index (χ1) is 10.3. The largest absolute Gasteiger partial charge is 0.294 e. The highest BCUT2D eigenvalue weighted by molar-refractivity contribution is 6.31. The van der Waals surface area contributed by atoms with Crippen molar-refractivity contribution in [3.8, 4) is 0 Å². The molecule has 0 unspecified atom stereocenters. The minimum atomic E-state index is 0.783. The topological polar surface area (TPSA) is 41.9 Å². The van der Waals surface area contributed by atoms with Crippen molar-refractivity contribution in [1.29, 1.82) is 0 Å². The fraction of sp³-hybridized carbons (Fsp3) is 0.438. The molecule has 21 heavy (non-hydrogen) atoms. The van der Waals surface area contributed by atoms with Crippen molar-refractivity contribution in [2.24, 2.45) is 0 Å². The van der Waals surface area contributed by atoms with Gasteiger partial charge in [0.2, 0.25) is 0 Å². The Kier molecular flexibility index (Phi) is 4.46. The van der Waals surface area contributed by atoms with Crippen molar-refractivity contribution in [3.05, 3.63) is 52.3 Å². The molecular formula is C16H19ClN4. The number of aromatic nitrogens is 3. The second-order valence-corrected chi connectivity index (χ2v) is 5.84. The Morgan fingerprint density at radius 1 is 1.33 bits per heavy atom. The number of aryl methyl sites for hydroxylation is 1. The van der Waals surface area contributed by atoms with Gasteiger partial charge >= 0.3 is 0 Å². The summed E-state index contributed by atoms with van der Waals surface area (Å²) in [5, 5.41) is 0.783. The van der Waals surface area contributed by atoms with E-state index < -0.39 is 0 Å². The molecular weight excluding hydrogens is 284 g/mol. The van der Waals surface area contributed by atoms with Crippen molar-refractivity contribution in [3.63, 3.8) is 0 Å². The summed E-state index contributed by atoms with van der Waals surface area (Å²) in [6, 6.07) is 1.84. The fourth-order valence-electron chi connectivity index (χ4n) is 2.66. The van der Waals surface area contributed by atoms with Crippen molar-refractivity contribution in [2.45, 2.75) is 39.3 Å². The smallest absolute Gasteiger partial charge is 0.128 e. The van der Waals surface area contributed by atoms with Crippen LogP contribution in [0.2, 0.25) is 5.02 Å². The van der Waals surface area contributed by atoms with Gasteiger partial charge in [-0.3, -0.25) is 9.88 Å². The van der Waals surface area contributed by atoms with Gasteiger partial charge in [0.15, 0.2) is 0 Å². The molecule has 0 aromatic carbocycles. The maximum absolute atomic E-state index is 6.21. The molecule has 3 rings (SSSR count). The van der Waals surface area contributed by atoms with Gasteiger partial charge in [0.1, 0.15) is 5.82 Å². The van der Waals surface area contributed by atoms with E-state index in [0.29, 0.717) is 0 Å². The molecule has 0 bridgehead atoms. The van der Waals surface area contributed by atoms with E-state index in [1.54, 1.807) is 6.20 Å². The van der Waals surface area contributed by atoms with Gasteiger partial charge in [-0.25, -0.2) is 9.97 Å². The van der Waals surface area contributed by atoms with Gasteiger partial charge in [0.05, 0.1) is 0 Å². The highest BCUT2D eigenvalue weighted by atomic mass is 35.5. The molecule has 2 aromatic heterocycles. The van der Waals surface area contributed by atoms with Gasteiger partial charge in [-0.05, 0) is 12.5 Å². The van der Waals surface area contributed by atoms with Crippen molar-refractivity contribution >= 4 is 11.6 Å². The molecule has 0 saturated heterocycles. The lowest BCUT2D eigenvalue weighted by Gasteiger charge is -2.28. The molecule has 0 aliphatic carbocycles. The van der Waals surface area contributed by atoms with Crippen molar-refractivity contribution in [1.82, 2.24) is 19.9 Å². The summed E-state index contributed by atoms with van der Waals surface area (Å²) in [7, 11) is 0. The Bertz CT molecular complexity index is 629. The van der Waals surface area contributed by atoms with Crippen LogP contribution in [0.4, 0.5) is 0 Å². The van der Waals surface area contributed by atoms with E-state index in [-0.39, 0.29) is 0 Å². The number of pyridine rings is 1. The normalized spacial score (nSPS) is 15.0. The van der Waals surface area contributed by atoms with E-state index in [0.717, 1.165) is 55.3 Å². The van der Waals surface area contributed by atoms with E-state index in [1.165, 1.54) is 11.3 Å². The molecule has 0 spiro atoms. The van der Waals surface area contributed by atoms with Crippen LogP contribution in [0.1, 0.15) is 36.0 Å². The second-order valence-electron chi connectivity index (χ2n) is 5.44. The second kappa shape index (κ2) is 6.50. The molecule has 0 amide bonds. The zero-order valence-corrected chi connectivity index (χ0v) is 13.0. The first-order valence-electron chi connectivity index (χ1n) is 7.40. The van der Waals surface area contributed by atoms with Crippen LogP contribution in [0.5, 0.6) is 0 Å². The maximum atomic E-state index is 6.21. The van der Waals surface area contributed by atoms with Gasteiger partial charge in [0, 0.05) is 72.9 Å². The van der Waals surface area contributed by atoms with Crippen LogP contribution in [-0.4, -0.2) is 26.4 Å². The van der Waals surface area contributed by atoms with Crippen molar-refractivity contribution in [2.75, 3.05) is 6.54 Å². The number of hydrogen-bond donors (Lipinski definition) is 0. The van der Waals surface area contributed by atoms with Gasteiger partial charge < -0.3 is 0 Å². The minimum Gasteiger partial charge on any atom is -0.294 e. The van der Waals surface area contributed by atoms with E-state index in [1.807, 2.05) is 18.5 Å². The molecule has 0 fully saturated rings. The van der Waals surface area contributed by atoms with Crippen LogP contribution in [0, 0.1) is 0 Å². The first-order valence-corrected chi connectivity index (χ1v) is 7.78. The van der Waals surface area contributed by atoms with Crippen LogP contribution in [-0.2, 0) is 25.9 Å². The zero-order chi connectivity index (χ0) is 14.7. The van der Waals surface area contributed by atoms with Gasteiger partial charge in [0.25, 0.3) is 0 Å². The molecule has 4 nitrogen and oxygen atoms in total. The molecule has 0 atom stereocenters. The lowest BCUT2D eigenvalue weighted by atomic mass is 10.1. The quantitative estimate of drug-likeness (QED) is 0.870. The van der Waals surface area contributed by atoms with Crippen LogP contribution < -0.4 is 0 Å². The monoisotopic (exact) mass is 302 g/mol. The van der Waals surface area contributed by atoms with E-state index in [9.17, 15) is 0 Å². The lowest BCUT2D eigenvalue weighted by Crippen LogP contribution is -2.31. The average molecular weight is 303 g/mol. The Hall–Kier alpha value is -1.52. The molecule has 3 heterocycles. The summed E-state index contributed by atoms with van der Waals surface area (Å²) < 4.78 is 0. The van der Waals surface area contributed by atoms with E-state index in [2.05, 4.69) is 26.8 Å². The minimum absolute atomic E-state index is 0.783. The maximum Gasteiger partial charge on any atom is 0.128 e. The number of nitrogens with zero attached hydrogens (tertiary/aromatic N) is 4. The standard InChI is InChI=1S/C16H19ClN4/c1-2-3-16-19-9-13-11-21(7-5-15(13)20-16)10-12-8-18-6-4-14(12)17/h4,6,8-9H,2-3,5,7,10-11H2,1H3. The van der Waals surface area contributed by atoms with Gasteiger partial charge in [-0.2, -0.15) is 0 Å². The van der Waals surface area contributed by atoms with Crippen molar-refractivity contribution < 1.29 is 0 Å². The number of hydrogen-bond acceptors (Lipinski definition) is 4. The summed E-state index contributed by atoms with van der Waals surface area (Å²) >= 11 is 6.21. The summed E-state index contributed by atoms with van der Waals surface area (Å²) in [5.74, 6) is 0.972. The Morgan fingerprint density at radius 3 is 3.05 bits per heavy atom. The summed E-state index contributed by atoms with van der Waals surface area (Å²) in [6.07, 6.45) is 8.59. The Morgan fingerprint density at radius 2 is 2.24 bits per heavy atom. The highest BCUT2D eigenvalue weighted by Crippen LogP contribution is 2.21. The number of halogens is 1. The molecule has 0 N–H and O–H groups in total. The molecule has 110 valence electrons. The Balaban J connectivity index is 1.71. The molecule has 1 aliphatic heterocycles. The third kappa shape index (κ3) is 3.39. The van der Waals surface area contributed by atoms with Crippen LogP contribution in [0.25, 0.3) is 0 Å². The van der Waals surface area contributed by atoms with Gasteiger partial charge in [-0.15, -0.1) is 0 Å². The molecule has 1 aliphatic rings. The molecule has 2 aromatic rings. The molecule has 0 saturated carbocycles. The molecule has 5 heteroatoms.